The number of hydrogen-bond donors (Lipinski definition) is 2. The third-order valence-corrected chi connectivity index (χ3v) is 2.47. The molecule has 0 aromatic rings. The molecule has 0 spiro atoms. The molecule has 0 aliphatic heterocycles. The fraction of sp³-hybridized carbons (Fsp3) is 0.909. The van der Waals surface area contributed by atoms with Gasteiger partial charge in [0.2, 0.25) is 5.91 Å². The van der Waals surface area contributed by atoms with Crippen LogP contribution >= 0.6 is 0 Å². The van der Waals surface area contributed by atoms with Crippen LogP contribution in [0.2, 0.25) is 0 Å². The van der Waals surface area contributed by atoms with E-state index in [1.54, 1.807) is 4.90 Å². The van der Waals surface area contributed by atoms with Crippen molar-refractivity contribution in [3.63, 3.8) is 0 Å². The molecule has 15 heavy (non-hydrogen) atoms. The van der Waals surface area contributed by atoms with E-state index in [-0.39, 0.29) is 18.6 Å². The van der Waals surface area contributed by atoms with Crippen LogP contribution in [0.4, 0.5) is 0 Å². The molecule has 0 unspecified atom stereocenters. The number of unbranched alkanes of at least 4 members (excludes halogenated alkanes) is 1. The summed E-state index contributed by atoms with van der Waals surface area (Å²) in [6.45, 7) is 5.40. The maximum atomic E-state index is 11.8. The second kappa shape index (κ2) is 8.68. The van der Waals surface area contributed by atoms with Gasteiger partial charge in [-0.1, -0.05) is 19.8 Å². The van der Waals surface area contributed by atoms with Crippen LogP contribution in [0.25, 0.3) is 0 Å². The molecule has 0 heterocycles. The van der Waals surface area contributed by atoms with Gasteiger partial charge in [0.05, 0.1) is 6.04 Å². The largest absolute Gasteiger partial charge is 0.396 e. The first-order valence-electron chi connectivity index (χ1n) is 5.82. The third kappa shape index (κ3) is 5.74. The molecule has 4 nitrogen and oxygen atoms in total. The Kier molecular flexibility index (Phi) is 8.33. The van der Waals surface area contributed by atoms with E-state index in [4.69, 9.17) is 10.8 Å². The third-order valence-electron chi connectivity index (χ3n) is 2.47. The Hall–Kier alpha value is -0.610. The minimum Gasteiger partial charge on any atom is -0.396 e. The quantitative estimate of drug-likeness (QED) is 0.628. The molecule has 0 rings (SSSR count). The Morgan fingerprint density at radius 2 is 2.07 bits per heavy atom. The fourth-order valence-electron chi connectivity index (χ4n) is 1.47. The van der Waals surface area contributed by atoms with Crippen molar-refractivity contribution in [1.29, 1.82) is 0 Å². The summed E-state index contributed by atoms with van der Waals surface area (Å²) in [5.74, 6) is 0.0133. The summed E-state index contributed by atoms with van der Waals surface area (Å²) in [6.07, 6.45) is 3.43. The van der Waals surface area contributed by atoms with Gasteiger partial charge in [0.15, 0.2) is 0 Å². The zero-order chi connectivity index (χ0) is 11.7. The van der Waals surface area contributed by atoms with Crippen LogP contribution in [-0.2, 0) is 4.79 Å². The molecule has 0 aliphatic carbocycles. The zero-order valence-corrected chi connectivity index (χ0v) is 9.91. The van der Waals surface area contributed by atoms with E-state index in [2.05, 4.69) is 6.92 Å². The number of aliphatic hydroxyl groups is 1. The number of amides is 1. The molecule has 0 radical (unpaired) electrons. The van der Waals surface area contributed by atoms with E-state index in [0.29, 0.717) is 19.5 Å². The minimum atomic E-state index is -0.372. The van der Waals surface area contributed by atoms with Crippen molar-refractivity contribution in [3.05, 3.63) is 0 Å². The molecule has 1 atom stereocenters. The summed E-state index contributed by atoms with van der Waals surface area (Å²) in [7, 11) is 0. The van der Waals surface area contributed by atoms with E-state index in [1.165, 1.54) is 0 Å². The van der Waals surface area contributed by atoms with Crippen molar-refractivity contribution < 1.29 is 9.90 Å². The minimum absolute atomic E-state index is 0.0133. The molecule has 90 valence electrons. The molecule has 0 saturated heterocycles. The van der Waals surface area contributed by atoms with Crippen LogP contribution in [0.3, 0.4) is 0 Å². The lowest BCUT2D eigenvalue weighted by Crippen LogP contribution is -2.44. The maximum Gasteiger partial charge on any atom is 0.239 e. The molecule has 0 saturated carbocycles. The van der Waals surface area contributed by atoms with Gasteiger partial charge in [-0.25, -0.2) is 0 Å². The van der Waals surface area contributed by atoms with E-state index in [0.717, 1.165) is 19.3 Å². The number of aliphatic hydroxyl groups excluding tert-OH is 1. The van der Waals surface area contributed by atoms with Crippen molar-refractivity contribution in [2.24, 2.45) is 5.73 Å². The van der Waals surface area contributed by atoms with Crippen LogP contribution in [0, 0.1) is 0 Å². The average Bonchev–Trinajstić information content (AvgIpc) is 2.26. The predicted octanol–water partition coefficient (Wildman–Crippen LogP) is 0.735. The van der Waals surface area contributed by atoms with Crippen LogP contribution in [-0.4, -0.2) is 41.7 Å². The van der Waals surface area contributed by atoms with Gasteiger partial charge in [0, 0.05) is 19.7 Å². The second-order valence-corrected chi connectivity index (χ2v) is 3.74. The van der Waals surface area contributed by atoms with Crippen molar-refractivity contribution in [1.82, 2.24) is 4.90 Å². The van der Waals surface area contributed by atoms with Crippen molar-refractivity contribution >= 4 is 5.91 Å². The Labute approximate surface area is 92.4 Å². The number of nitrogens with two attached hydrogens (primary N) is 1. The van der Waals surface area contributed by atoms with Gasteiger partial charge in [0.1, 0.15) is 0 Å². The van der Waals surface area contributed by atoms with Crippen molar-refractivity contribution in [2.45, 2.75) is 45.6 Å². The molecule has 1 amide bonds. The Bertz CT molecular complexity index is 174. The molecule has 3 N–H and O–H groups in total. The van der Waals surface area contributed by atoms with Gasteiger partial charge in [-0.15, -0.1) is 0 Å². The first kappa shape index (κ1) is 14.4. The number of nitrogens with zero attached hydrogens (tertiary/aromatic N) is 1. The second-order valence-electron chi connectivity index (χ2n) is 3.74. The Morgan fingerprint density at radius 1 is 1.40 bits per heavy atom. The summed E-state index contributed by atoms with van der Waals surface area (Å²) in [4.78, 5) is 13.5. The monoisotopic (exact) mass is 216 g/mol. The topological polar surface area (TPSA) is 66.6 Å². The van der Waals surface area contributed by atoms with Gasteiger partial charge in [-0.3, -0.25) is 4.79 Å². The molecule has 0 aliphatic rings. The lowest BCUT2D eigenvalue weighted by molar-refractivity contribution is -0.132. The zero-order valence-electron chi connectivity index (χ0n) is 9.91. The smallest absolute Gasteiger partial charge is 0.239 e. The highest BCUT2D eigenvalue weighted by Gasteiger charge is 2.18. The normalized spacial score (nSPS) is 12.5. The molecule has 0 bridgehead atoms. The van der Waals surface area contributed by atoms with Crippen LogP contribution in [0.15, 0.2) is 0 Å². The lowest BCUT2D eigenvalue weighted by atomic mass is 10.1. The summed E-state index contributed by atoms with van der Waals surface area (Å²) in [5.41, 5.74) is 5.80. The first-order chi connectivity index (χ1) is 7.17. The Balaban J connectivity index is 4.00. The fourth-order valence-corrected chi connectivity index (χ4v) is 1.47. The van der Waals surface area contributed by atoms with Gasteiger partial charge in [0.25, 0.3) is 0 Å². The Morgan fingerprint density at radius 3 is 2.53 bits per heavy atom. The number of likely N-dealkylation sites (N-methyl/N-ethyl adjacent to an activating group) is 1. The lowest BCUT2D eigenvalue weighted by Gasteiger charge is -2.24. The van der Waals surface area contributed by atoms with Crippen LogP contribution in [0.5, 0.6) is 0 Å². The molecule has 0 aromatic heterocycles. The van der Waals surface area contributed by atoms with Gasteiger partial charge in [-0.2, -0.15) is 0 Å². The van der Waals surface area contributed by atoms with Crippen molar-refractivity contribution in [2.75, 3.05) is 19.7 Å². The number of rotatable bonds is 8. The van der Waals surface area contributed by atoms with Crippen LogP contribution in [0.1, 0.15) is 39.5 Å². The summed E-state index contributed by atoms with van der Waals surface area (Å²) in [6, 6.07) is -0.372. The SMILES string of the molecule is CCCC[C@H](N)C(=O)N(CC)CCCO. The van der Waals surface area contributed by atoms with E-state index in [1.807, 2.05) is 6.92 Å². The first-order valence-corrected chi connectivity index (χ1v) is 5.82. The highest BCUT2D eigenvalue weighted by atomic mass is 16.3. The molecule has 4 heteroatoms. The maximum absolute atomic E-state index is 11.8. The molecule has 0 fully saturated rings. The van der Waals surface area contributed by atoms with E-state index in [9.17, 15) is 4.79 Å². The van der Waals surface area contributed by atoms with Crippen LogP contribution < -0.4 is 5.73 Å². The standard InChI is InChI=1S/C11H24N2O2/c1-3-5-7-10(12)11(15)13(4-2)8-6-9-14/h10,14H,3-9,12H2,1-2H3/t10-/m0/s1. The van der Waals surface area contributed by atoms with E-state index >= 15 is 0 Å². The van der Waals surface area contributed by atoms with Gasteiger partial charge < -0.3 is 15.7 Å². The molecular formula is C11H24N2O2. The summed E-state index contributed by atoms with van der Waals surface area (Å²) >= 11 is 0. The van der Waals surface area contributed by atoms with E-state index < -0.39 is 0 Å². The molecular weight excluding hydrogens is 192 g/mol. The highest BCUT2D eigenvalue weighted by molar-refractivity contribution is 5.81. The summed E-state index contributed by atoms with van der Waals surface area (Å²) in [5, 5.41) is 8.70. The number of hydrogen-bond acceptors (Lipinski definition) is 3. The molecule has 0 aromatic carbocycles. The highest BCUT2D eigenvalue weighted by Crippen LogP contribution is 2.03. The number of carbonyl (C=O) groups is 1. The van der Waals surface area contributed by atoms with Gasteiger partial charge >= 0.3 is 0 Å². The number of carbonyl (C=O) groups excluding carboxylic acids is 1. The van der Waals surface area contributed by atoms with Crippen molar-refractivity contribution in [3.8, 4) is 0 Å². The predicted molar refractivity (Wildman–Crippen MR) is 61.5 cm³/mol. The van der Waals surface area contributed by atoms with Gasteiger partial charge in [-0.05, 0) is 19.8 Å². The average molecular weight is 216 g/mol. The summed E-state index contributed by atoms with van der Waals surface area (Å²) < 4.78 is 0.